The minimum Gasteiger partial charge on any atom is -0.390 e. The normalized spacial score (nSPS) is 36.2. The molecular weight excluding hydrogens is 478 g/mol. The average Bonchev–Trinajstić information content (AvgIpc) is 3.19. The van der Waals surface area contributed by atoms with E-state index in [2.05, 4.69) is 10.3 Å². The number of aliphatic hydroxyl groups is 6. The Balaban J connectivity index is 1.47. The van der Waals surface area contributed by atoms with Gasteiger partial charge in [-0.2, -0.15) is 0 Å². The van der Waals surface area contributed by atoms with Gasteiger partial charge in [0.25, 0.3) is 0 Å². The van der Waals surface area contributed by atoms with Crippen molar-refractivity contribution in [2.45, 2.75) is 127 Å². The highest BCUT2D eigenvalue weighted by molar-refractivity contribution is 4.98. The topological polar surface area (TPSA) is 189 Å². The highest BCUT2D eigenvalue weighted by atomic mass is 16.7. The second-order valence-electron chi connectivity index (χ2n) is 10.9. The molecule has 1 aromatic heterocycles. The van der Waals surface area contributed by atoms with Gasteiger partial charge in [0.15, 0.2) is 12.6 Å². The minimum absolute atomic E-state index is 0.0495. The van der Waals surface area contributed by atoms with Crippen molar-refractivity contribution in [2.75, 3.05) is 6.61 Å². The van der Waals surface area contributed by atoms with Gasteiger partial charge in [0.1, 0.15) is 30.5 Å². The molecule has 2 aliphatic heterocycles. The molecule has 2 saturated heterocycles. The molecule has 3 rings (SSSR count). The molecule has 208 valence electrons. The Morgan fingerprint density at radius 1 is 0.972 bits per heavy atom. The predicted octanol–water partition coefficient (Wildman–Crippen LogP) is -1.54. The van der Waals surface area contributed by atoms with Gasteiger partial charge in [-0.1, -0.05) is 5.21 Å². The summed E-state index contributed by atoms with van der Waals surface area (Å²) in [5.74, 6) is 0. The van der Waals surface area contributed by atoms with Crippen LogP contribution >= 0.6 is 0 Å². The third-order valence-corrected chi connectivity index (χ3v) is 6.55. The molecule has 0 bridgehead atoms. The zero-order valence-corrected chi connectivity index (χ0v) is 21.5. The fourth-order valence-corrected chi connectivity index (χ4v) is 4.32. The Bertz CT molecular complexity index is 837. The van der Waals surface area contributed by atoms with Gasteiger partial charge in [0, 0.05) is 19.0 Å². The first-order valence-electron chi connectivity index (χ1n) is 12.3. The van der Waals surface area contributed by atoms with E-state index < -0.39 is 66.5 Å². The summed E-state index contributed by atoms with van der Waals surface area (Å²) in [5.41, 5.74) is -0.690. The second-order valence-corrected chi connectivity index (χ2v) is 10.9. The maximum atomic E-state index is 10.2. The van der Waals surface area contributed by atoms with Crippen molar-refractivity contribution in [1.82, 2.24) is 15.0 Å². The van der Waals surface area contributed by atoms with E-state index in [-0.39, 0.29) is 13.0 Å². The third-order valence-electron chi connectivity index (χ3n) is 6.55. The maximum Gasteiger partial charge on any atom is 0.187 e. The average molecular weight is 520 g/mol. The number of ether oxygens (including phenoxy) is 4. The van der Waals surface area contributed by atoms with Gasteiger partial charge in [-0.15, -0.1) is 5.10 Å². The zero-order valence-electron chi connectivity index (χ0n) is 21.5. The Hall–Kier alpha value is -1.26. The summed E-state index contributed by atoms with van der Waals surface area (Å²) in [6.45, 7) is 9.51. The van der Waals surface area contributed by atoms with E-state index in [1.54, 1.807) is 13.1 Å². The van der Waals surface area contributed by atoms with Crippen molar-refractivity contribution in [3.63, 3.8) is 0 Å². The molecule has 5 unspecified atom stereocenters. The number of aromatic nitrogens is 3. The number of hydrogen-bond acceptors (Lipinski definition) is 12. The van der Waals surface area contributed by atoms with E-state index in [0.717, 1.165) is 0 Å². The standard InChI is InChI=1S/C23H41N3O10/c1-12-17(29)19(31)20(32)21(34-12)36-22(2,3)6-7-33-23(4,5)9-13-10-26(25-24-13)11-15-18(30)14(27)8-16(28)35-15/h10,12,14-21,27-32H,6-9,11H2,1-5H3/t12?,14-,15-,16+,17?,18+,19?,20?,21?/m1/s1. The molecule has 0 radical (unpaired) electrons. The van der Waals surface area contributed by atoms with Crippen LogP contribution in [0.15, 0.2) is 6.20 Å². The van der Waals surface area contributed by atoms with Crippen LogP contribution in [0.2, 0.25) is 0 Å². The molecule has 0 aromatic carbocycles. The lowest BCUT2D eigenvalue weighted by Crippen LogP contribution is -2.58. The predicted molar refractivity (Wildman–Crippen MR) is 123 cm³/mol. The van der Waals surface area contributed by atoms with Crippen LogP contribution in [0.1, 0.15) is 53.2 Å². The molecule has 0 aliphatic carbocycles. The van der Waals surface area contributed by atoms with Crippen molar-refractivity contribution in [2.24, 2.45) is 0 Å². The van der Waals surface area contributed by atoms with Crippen molar-refractivity contribution in [3.05, 3.63) is 11.9 Å². The summed E-state index contributed by atoms with van der Waals surface area (Å²) >= 11 is 0. The summed E-state index contributed by atoms with van der Waals surface area (Å²) in [6, 6.07) is 0. The van der Waals surface area contributed by atoms with E-state index in [1.165, 1.54) is 4.68 Å². The molecule has 6 N–H and O–H groups in total. The monoisotopic (exact) mass is 519 g/mol. The highest BCUT2D eigenvalue weighted by Crippen LogP contribution is 2.28. The van der Waals surface area contributed by atoms with Crippen LogP contribution in [-0.4, -0.2) is 119 Å². The summed E-state index contributed by atoms with van der Waals surface area (Å²) in [4.78, 5) is 0. The molecule has 36 heavy (non-hydrogen) atoms. The van der Waals surface area contributed by atoms with Gasteiger partial charge in [-0.25, -0.2) is 4.68 Å². The molecule has 3 heterocycles. The van der Waals surface area contributed by atoms with E-state index in [4.69, 9.17) is 18.9 Å². The Kier molecular flexibility index (Phi) is 9.47. The summed E-state index contributed by atoms with van der Waals surface area (Å²) in [6.07, 6.45) is -7.31. The molecule has 0 spiro atoms. The molecule has 0 amide bonds. The first-order valence-corrected chi connectivity index (χ1v) is 12.3. The first-order chi connectivity index (χ1) is 16.7. The van der Waals surface area contributed by atoms with Gasteiger partial charge in [0.2, 0.25) is 0 Å². The maximum absolute atomic E-state index is 10.2. The SMILES string of the molecule is CC1OC(OC(C)(C)CCOC(C)(C)Cc2cn(C[C@H]3O[C@H](O)C[C@@H](O)[C@@H]3O)nn2)C(O)C(O)C1O. The quantitative estimate of drug-likeness (QED) is 0.209. The molecular formula is C23H41N3O10. The lowest BCUT2D eigenvalue weighted by molar-refractivity contribution is -0.318. The molecule has 1 aromatic rings. The van der Waals surface area contributed by atoms with Crippen LogP contribution in [0.25, 0.3) is 0 Å². The van der Waals surface area contributed by atoms with E-state index in [9.17, 15) is 30.6 Å². The van der Waals surface area contributed by atoms with E-state index in [1.807, 2.05) is 27.7 Å². The highest BCUT2D eigenvalue weighted by Gasteiger charge is 2.44. The van der Waals surface area contributed by atoms with Crippen LogP contribution < -0.4 is 0 Å². The van der Waals surface area contributed by atoms with Gasteiger partial charge < -0.3 is 49.6 Å². The number of aliphatic hydroxyl groups excluding tert-OH is 6. The number of nitrogens with zero attached hydrogens (tertiary/aromatic N) is 3. The van der Waals surface area contributed by atoms with Gasteiger partial charge >= 0.3 is 0 Å². The number of rotatable bonds is 10. The largest absolute Gasteiger partial charge is 0.390 e. The third kappa shape index (κ3) is 7.63. The molecule has 13 nitrogen and oxygen atoms in total. The van der Waals surface area contributed by atoms with Crippen molar-refractivity contribution in [1.29, 1.82) is 0 Å². The Morgan fingerprint density at radius 2 is 1.67 bits per heavy atom. The van der Waals surface area contributed by atoms with Crippen LogP contribution in [0.4, 0.5) is 0 Å². The van der Waals surface area contributed by atoms with Crippen molar-refractivity contribution >= 4 is 0 Å². The fraction of sp³-hybridized carbons (Fsp3) is 0.913. The summed E-state index contributed by atoms with van der Waals surface area (Å²) < 4.78 is 24.3. The second kappa shape index (κ2) is 11.6. The molecule has 0 saturated carbocycles. The van der Waals surface area contributed by atoms with Crippen molar-refractivity contribution in [3.8, 4) is 0 Å². The van der Waals surface area contributed by atoms with Crippen LogP contribution in [0.5, 0.6) is 0 Å². The molecule has 13 heteroatoms. The summed E-state index contributed by atoms with van der Waals surface area (Å²) in [7, 11) is 0. The lowest BCUT2D eigenvalue weighted by Gasteiger charge is -2.42. The lowest BCUT2D eigenvalue weighted by atomic mass is 9.99. The number of hydrogen-bond donors (Lipinski definition) is 6. The van der Waals surface area contributed by atoms with Crippen molar-refractivity contribution < 1.29 is 49.6 Å². The Morgan fingerprint density at radius 3 is 2.36 bits per heavy atom. The molecule has 2 fully saturated rings. The van der Waals surface area contributed by atoms with Gasteiger partial charge in [0.05, 0.1) is 42.3 Å². The fourth-order valence-electron chi connectivity index (χ4n) is 4.32. The smallest absolute Gasteiger partial charge is 0.187 e. The Labute approximate surface area is 210 Å². The van der Waals surface area contributed by atoms with Crippen LogP contribution in [-0.2, 0) is 31.9 Å². The minimum atomic E-state index is -1.37. The zero-order chi connectivity index (χ0) is 26.8. The van der Waals surface area contributed by atoms with Crippen LogP contribution in [0, 0.1) is 0 Å². The summed E-state index contributed by atoms with van der Waals surface area (Å²) in [5, 5.41) is 67.9. The van der Waals surface area contributed by atoms with Gasteiger partial charge in [-0.05, 0) is 41.0 Å². The van der Waals surface area contributed by atoms with Gasteiger partial charge in [-0.3, -0.25) is 0 Å². The molecule has 2 aliphatic rings. The van der Waals surface area contributed by atoms with Crippen LogP contribution in [0.3, 0.4) is 0 Å². The molecule has 9 atom stereocenters. The first kappa shape index (κ1) is 29.3. The van der Waals surface area contributed by atoms with E-state index in [0.29, 0.717) is 25.1 Å². The van der Waals surface area contributed by atoms with E-state index >= 15 is 0 Å².